The summed E-state index contributed by atoms with van der Waals surface area (Å²) in [7, 11) is -1.42. The number of unbranched alkanes of at least 4 members (excludes halogenated alkanes) is 2. The first kappa shape index (κ1) is 29.9. The van der Waals surface area contributed by atoms with Crippen LogP contribution in [0.2, 0.25) is 5.02 Å². The second-order valence-electron chi connectivity index (χ2n) is 11.6. The Hall–Kier alpha value is -2.05. The third-order valence-electron chi connectivity index (χ3n) is 8.34. The number of nitrogens with one attached hydrogen (secondary N) is 1. The molecule has 4 atom stereocenters. The highest BCUT2D eigenvalue weighted by Gasteiger charge is 2.34. The van der Waals surface area contributed by atoms with E-state index in [1.54, 1.807) is 6.07 Å². The van der Waals surface area contributed by atoms with Crippen molar-refractivity contribution in [2.24, 2.45) is 11.8 Å². The topological polar surface area (TPSA) is 58.6 Å². The van der Waals surface area contributed by atoms with Crippen molar-refractivity contribution in [3.63, 3.8) is 0 Å². The molecule has 5 nitrogen and oxygen atoms in total. The minimum Gasteiger partial charge on any atom is -0.491 e. The highest BCUT2D eigenvalue weighted by molar-refractivity contribution is 7.84. The van der Waals surface area contributed by atoms with Crippen LogP contribution in [0.1, 0.15) is 100 Å². The van der Waals surface area contributed by atoms with Crippen molar-refractivity contribution in [3.05, 3.63) is 58.1 Å². The summed E-state index contributed by atoms with van der Waals surface area (Å²) in [6, 6.07) is 11.9. The lowest BCUT2D eigenvalue weighted by Crippen LogP contribution is -2.40. The average Bonchev–Trinajstić information content (AvgIpc) is 3.08. The van der Waals surface area contributed by atoms with Crippen LogP contribution < -0.4 is 14.4 Å². The predicted molar refractivity (Wildman–Crippen MR) is 163 cm³/mol. The third-order valence-corrected chi connectivity index (χ3v) is 9.81. The molecule has 0 spiro atoms. The Bertz CT molecular complexity index is 1150. The molecule has 0 radical (unpaired) electrons. The summed E-state index contributed by atoms with van der Waals surface area (Å²) in [5, 5.41) is 0.631. The van der Waals surface area contributed by atoms with Gasteiger partial charge in [-0.1, -0.05) is 63.6 Å². The van der Waals surface area contributed by atoms with E-state index in [2.05, 4.69) is 35.6 Å². The molecule has 4 rings (SSSR count). The van der Waals surface area contributed by atoms with E-state index in [4.69, 9.17) is 16.3 Å². The Morgan fingerprint density at radius 3 is 2.59 bits per heavy atom. The number of carbonyl (C=O) groups excluding carboxylic acids is 1. The number of hydrogen-bond donors (Lipinski definition) is 1. The van der Waals surface area contributed by atoms with Gasteiger partial charge in [-0.25, -0.2) is 4.21 Å². The maximum absolute atomic E-state index is 13.0. The summed E-state index contributed by atoms with van der Waals surface area (Å²) in [5.74, 6) is 2.12. The van der Waals surface area contributed by atoms with E-state index in [1.165, 1.54) is 49.7 Å². The summed E-state index contributed by atoms with van der Waals surface area (Å²) in [6.07, 6.45) is 9.78. The number of anilines is 1. The minimum absolute atomic E-state index is 0.143. The molecule has 0 bridgehead atoms. The third kappa shape index (κ3) is 7.58. The van der Waals surface area contributed by atoms with Gasteiger partial charge in [-0.15, -0.1) is 0 Å². The van der Waals surface area contributed by atoms with Crippen LogP contribution in [0.3, 0.4) is 0 Å². The SMILES string of the molecule is CCCCCC1CCC1CN1CC(c2ccc(Cl)cc2CCC)COc2ccc(C(=O)NS(=O)C(C)C)cc21. The zero-order valence-corrected chi connectivity index (χ0v) is 25.6. The molecule has 1 aliphatic carbocycles. The van der Waals surface area contributed by atoms with E-state index in [1.807, 2.05) is 32.0 Å². The van der Waals surface area contributed by atoms with Crippen molar-refractivity contribution in [2.45, 2.75) is 90.2 Å². The molecule has 0 saturated heterocycles. The number of amides is 1. The van der Waals surface area contributed by atoms with Gasteiger partial charge >= 0.3 is 0 Å². The molecule has 1 N–H and O–H groups in total. The summed E-state index contributed by atoms with van der Waals surface area (Å²) < 4.78 is 21.4. The van der Waals surface area contributed by atoms with Gasteiger partial charge in [-0.3, -0.25) is 9.52 Å². The number of rotatable bonds is 12. The average molecular weight is 573 g/mol. The summed E-state index contributed by atoms with van der Waals surface area (Å²) in [6.45, 7) is 10.5. The Morgan fingerprint density at radius 1 is 1.10 bits per heavy atom. The highest BCUT2D eigenvalue weighted by Crippen LogP contribution is 2.42. The first-order valence-corrected chi connectivity index (χ1v) is 16.4. The summed E-state index contributed by atoms with van der Waals surface area (Å²) in [5.41, 5.74) is 4.08. The standard InChI is InChI=1S/C32H45ClN2O3S/c1-5-7-8-10-23-11-12-26(23)19-35-20-27(29-15-14-28(33)17-24(29)9-6-2)21-38-31-16-13-25(18-30(31)35)32(36)34-39(37)22(3)4/h13-18,22-23,26-27H,5-12,19-21H2,1-4H3,(H,34,36). The second-order valence-corrected chi connectivity index (χ2v) is 13.7. The Morgan fingerprint density at radius 2 is 1.90 bits per heavy atom. The Kier molecular flexibility index (Phi) is 10.8. The maximum atomic E-state index is 13.0. The second kappa shape index (κ2) is 14.0. The zero-order valence-electron chi connectivity index (χ0n) is 24.0. The van der Waals surface area contributed by atoms with Gasteiger partial charge in [0, 0.05) is 34.8 Å². The van der Waals surface area contributed by atoms with Crippen LogP contribution in [-0.4, -0.2) is 35.1 Å². The van der Waals surface area contributed by atoms with Crippen molar-refractivity contribution < 1.29 is 13.7 Å². The molecule has 1 saturated carbocycles. The fourth-order valence-electron chi connectivity index (χ4n) is 5.92. The van der Waals surface area contributed by atoms with Crippen LogP contribution >= 0.6 is 11.6 Å². The normalized spacial score (nSPS) is 21.5. The minimum atomic E-state index is -1.42. The van der Waals surface area contributed by atoms with E-state index in [9.17, 15) is 9.00 Å². The first-order valence-electron chi connectivity index (χ1n) is 14.8. The van der Waals surface area contributed by atoms with E-state index >= 15 is 0 Å². The number of aryl methyl sites for hydroxylation is 1. The van der Waals surface area contributed by atoms with Gasteiger partial charge in [-0.05, 0) is 86.4 Å². The lowest BCUT2D eigenvalue weighted by Gasteiger charge is -2.41. The van der Waals surface area contributed by atoms with Crippen molar-refractivity contribution in [1.82, 2.24) is 4.72 Å². The van der Waals surface area contributed by atoms with Crippen LogP contribution in [0, 0.1) is 11.8 Å². The van der Waals surface area contributed by atoms with Crippen LogP contribution in [0.15, 0.2) is 36.4 Å². The van der Waals surface area contributed by atoms with Gasteiger partial charge < -0.3 is 9.64 Å². The highest BCUT2D eigenvalue weighted by atomic mass is 35.5. The van der Waals surface area contributed by atoms with Gasteiger partial charge in [0.25, 0.3) is 5.91 Å². The van der Waals surface area contributed by atoms with Gasteiger partial charge in [0.2, 0.25) is 0 Å². The molecular weight excluding hydrogens is 528 g/mol. The largest absolute Gasteiger partial charge is 0.491 e. The molecule has 1 amide bonds. The van der Waals surface area contributed by atoms with E-state index in [0.29, 0.717) is 18.1 Å². The van der Waals surface area contributed by atoms with Gasteiger partial charge in [0.1, 0.15) is 16.7 Å². The lowest BCUT2D eigenvalue weighted by atomic mass is 9.71. The van der Waals surface area contributed by atoms with Crippen LogP contribution in [0.25, 0.3) is 0 Å². The number of carbonyl (C=O) groups is 1. The summed E-state index contributed by atoms with van der Waals surface area (Å²) >= 11 is 6.39. The number of benzene rings is 2. The molecule has 4 unspecified atom stereocenters. The van der Waals surface area contributed by atoms with Crippen molar-refractivity contribution in [2.75, 3.05) is 24.6 Å². The molecule has 2 aromatic rings. The molecule has 1 heterocycles. The fourth-order valence-corrected chi connectivity index (χ4v) is 6.65. The lowest BCUT2D eigenvalue weighted by molar-refractivity contribution is 0.0982. The van der Waals surface area contributed by atoms with Gasteiger partial charge in [0.05, 0.1) is 12.3 Å². The number of fused-ring (bicyclic) bond motifs is 1. The quantitative estimate of drug-likeness (QED) is 0.265. The van der Waals surface area contributed by atoms with Crippen LogP contribution in [0.5, 0.6) is 5.75 Å². The number of halogens is 1. The van der Waals surface area contributed by atoms with Crippen LogP contribution in [-0.2, 0) is 17.4 Å². The molecule has 0 aromatic heterocycles. The molecule has 7 heteroatoms. The molecule has 2 aliphatic rings. The number of hydrogen-bond acceptors (Lipinski definition) is 4. The van der Waals surface area contributed by atoms with E-state index < -0.39 is 11.0 Å². The molecule has 2 aromatic carbocycles. The first-order chi connectivity index (χ1) is 18.8. The monoisotopic (exact) mass is 572 g/mol. The predicted octanol–water partition coefficient (Wildman–Crippen LogP) is 7.68. The molecule has 1 fully saturated rings. The number of ether oxygens (including phenoxy) is 1. The fraction of sp³-hybridized carbons (Fsp3) is 0.594. The molecule has 214 valence electrons. The molecule has 1 aliphatic heterocycles. The Labute approximate surface area is 242 Å². The van der Waals surface area contributed by atoms with E-state index in [0.717, 1.165) is 48.3 Å². The zero-order chi connectivity index (χ0) is 27.9. The van der Waals surface area contributed by atoms with Crippen LogP contribution in [0.4, 0.5) is 5.69 Å². The summed E-state index contributed by atoms with van der Waals surface area (Å²) in [4.78, 5) is 15.4. The van der Waals surface area contributed by atoms with Crippen molar-refractivity contribution >= 4 is 34.2 Å². The van der Waals surface area contributed by atoms with Gasteiger partial charge in [-0.2, -0.15) is 0 Å². The molecule has 39 heavy (non-hydrogen) atoms. The van der Waals surface area contributed by atoms with Gasteiger partial charge in [0.15, 0.2) is 0 Å². The molecular formula is C32H45ClN2O3S. The Balaban J connectivity index is 1.63. The van der Waals surface area contributed by atoms with Crippen molar-refractivity contribution in [3.8, 4) is 5.75 Å². The number of nitrogens with zero attached hydrogens (tertiary/aromatic N) is 1. The van der Waals surface area contributed by atoms with E-state index in [-0.39, 0.29) is 17.1 Å². The maximum Gasteiger partial charge on any atom is 0.263 e. The smallest absolute Gasteiger partial charge is 0.263 e. The van der Waals surface area contributed by atoms with Crippen molar-refractivity contribution in [1.29, 1.82) is 0 Å².